The van der Waals surface area contributed by atoms with E-state index in [4.69, 9.17) is 14.2 Å². The van der Waals surface area contributed by atoms with E-state index >= 15 is 0 Å². The lowest BCUT2D eigenvalue weighted by atomic mass is 10.0. The molecule has 1 amide bonds. The number of benzene rings is 2. The van der Waals surface area contributed by atoms with Crippen molar-refractivity contribution in [3.05, 3.63) is 58.8 Å². The van der Waals surface area contributed by atoms with Crippen LogP contribution < -0.4 is 9.47 Å². The number of nitrogens with zero attached hydrogens (tertiary/aromatic N) is 1. The number of H-pyrrole nitrogens is 1. The molecule has 0 spiro atoms. The first kappa shape index (κ1) is 20.8. The van der Waals surface area contributed by atoms with Crippen molar-refractivity contribution < 1.29 is 23.8 Å². The summed E-state index contributed by atoms with van der Waals surface area (Å²) in [5.41, 5.74) is 4.67. The number of rotatable bonds is 6. The minimum atomic E-state index is -0.366. The number of aryl methyl sites for hydroxylation is 1. The Hall–Kier alpha value is -3.48. The molecule has 2 aromatic carbocycles. The van der Waals surface area contributed by atoms with E-state index in [1.165, 1.54) is 7.11 Å². The molecule has 1 aliphatic rings. The molecule has 0 saturated heterocycles. The predicted molar refractivity (Wildman–Crippen MR) is 117 cm³/mol. The number of hydrogen-bond donors (Lipinski definition) is 1. The number of amides is 1. The van der Waals surface area contributed by atoms with Gasteiger partial charge in [0.25, 0.3) is 0 Å². The standard InChI is InChI=1S/C24H26N2O5/c1-29-17-10-15(11-18(13-17)30-2)4-7-23(27)26-9-8-22-20(14-26)19-12-16(24(28)31-3)5-6-21(19)25-22/h5-6,10-13,25H,4,7-9,14H2,1-3H3. The molecule has 0 atom stereocenters. The zero-order valence-corrected chi connectivity index (χ0v) is 18.0. The van der Waals surface area contributed by atoms with Crippen molar-refractivity contribution in [2.45, 2.75) is 25.8 Å². The molecule has 1 aliphatic heterocycles. The average molecular weight is 422 g/mol. The van der Waals surface area contributed by atoms with Crippen LogP contribution in [0.4, 0.5) is 0 Å². The Labute approximate surface area is 180 Å². The Kier molecular flexibility index (Phi) is 5.84. The summed E-state index contributed by atoms with van der Waals surface area (Å²) in [6.45, 7) is 1.20. The Morgan fingerprint density at radius 1 is 1.03 bits per heavy atom. The zero-order chi connectivity index (χ0) is 22.0. The molecule has 162 valence electrons. The van der Waals surface area contributed by atoms with Gasteiger partial charge in [-0.1, -0.05) is 0 Å². The van der Waals surface area contributed by atoms with Gasteiger partial charge in [0.1, 0.15) is 11.5 Å². The highest BCUT2D eigenvalue weighted by molar-refractivity contribution is 5.96. The number of aromatic amines is 1. The molecule has 0 saturated carbocycles. The van der Waals surface area contributed by atoms with E-state index in [-0.39, 0.29) is 11.9 Å². The van der Waals surface area contributed by atoms with Gasteiger partial charge in [0, 0.05) is 54.2 Å². The lowest BCUT2D eigenvalue weighted by Gasteiger charge is -2.27. The molecule has 3 aromatic rings. The second kappa shape index (κ2) is 8.71. The predicted octanol–water partition coefficient (Wildman–Crippen LogP) is 3.49. The molecular weight excluding hydrogens is 396 g/mol. The molecule has 1 aromatic heterocycles. The highest BCUT2D eigenvalue weighted by Gasteiger charge is 2.24. The van der Waals surface area contributed by atoms with E-state index < -0.39 is 0 Å². The summed E-state index contributed by atoms with van der Waals surface area (Å²) in [5, 5.41) is 0.966. The van der Waals surface area contributed by atoms with E-state index in [1.807, 2.05) is 35.2 Å². The maximum absolute atomic E-state index is 12.9. The van der Waals surface area contributed by atoms with E-state index in [0.29, 0.717) is 43.0 Å². The van der Waals surface area contributed by atoms with Crippen LogP contribution in [0.5, 0.6) is 11.5 Å². The van der Waals surface area contributed by atoms with Gasteiger partial charge in [0.15, 0.2) is 0 Å². The van der Waals surface area contributed by atoms with Crippen LogP contribution >= 0.6 is 0 Å². The Balaban J connectivity index is 1.49. The van der Waals surface area contributed by atoms with Gasteiger partial charge in [0.2, 0.25) is 5.91 Å². The molecule has 2 heterocycles. The number of ether oxygens (including phenoxy) is 3. The van der Waals surface area contributed by atoms with Crippen LogP contribution in [0.2, 0.25) is 0 Å². The molecule has 7 nitrogen and oxygen atoms in total. The fourth-order valence-corrected chi connectivity index (χ4v) is 4.09. The van der Waals surface area contributed by atoms with E-state index in [9.17, 15) is 9.59 Å². The summed E-state index contributed by atoms with van der Waals surface area (Å²) >= 11 is 0. The van der Waals surface area contributed by atoms with Crippen molar-refractivity contribution in [1.82, 2.24) is 9.88 Å². The number of aromatic nitrogens is 1. The Morgan fingerprint density at radius 3 is 2.45 bits per heavy atom. The molecule has 0 radical (unpaired) electrons. The lowest BCUT2D eigenvalue weighted by molar-refractivity contribution is -0.132. The van der Waals surface area contributed by atoms with Gasteiger partial charge >= 0.3 is 5.97 Å². The van der Waals surface area contributed by atoms with Crippen molar-refractivity contribution in [2.75, 3.05) is 27.9 Å². The summed E-state index contributed by atoms with van der Waals surface area (Å²) in [6, 6.07) is 11.2. The normalized spacial score (nSPS) is 13.1. The first-order valence-electron chi connectivity index (χ1n) is 10.2. The van der Waals surface area contributed by atoms with E-state index in [2.05, 4.69) is 4.98 Å². The van der Waals surface area contributed by atoms with Crippen molar-refractivity contribution in [1.29, 1.82) is 0 Å². The van der Waals surface area contributed by atoms with Gasteiger partial charge in [-0.3, -0.25) is 4.79 Å². The SMILES string of the molecule is COC(=O)c1ccc2[nH]c3c(c2c1)CN(C(=O)CCc1cc(OC)cc(OC)c1)CC3. The van der Waals surface area contributed by atoms with Crippen molar-refractivity contribution in [3.63, 3.8) is 0 Å². The number of nitrogens with one attached hydrogen (secondary N) is 1. The average Bonchev–Trinajstić information content (AvgIpc) is 3.18. The van der Waals surface area contributed by atoms with Gasteiger partial charge in [-0.25, -0.2) is 4.79 Å². The molecule has 0 aliphatic carbocycles. The van der Waals surface area contributed by atoms with Crippen LogP contribution in [0.3, 0.4) is 0 Å². The Bertz CT molecular complexity index is 1110. The maximum atomic E-state index is 12.9. The number of esters is 1. The zero-order valence-electron chi connectivity index (χ0n) is 18.0. The topological polar surface area (TPSA) is 80.9 Å². The number of carbonyl (C=O) groups is 2. The molecule has 31 heavy (non-hydrogen) atoms. The second-order valence-electron chi connectivity index (χ2n) is 7.62. The van der Waals surface area contributed by atoms with E-state index in [0.717, 1.165) is 34.1 Å². The molecule has 1 N–H and O–H groups in total. The van der Waals surface area contributed by atoms with Gasteiger partial charge in [-0.2, -0.15) is 0 Å². The fraction of sp³-hybridized carbons (Fsp3) is 0.333. The van der Waals surface area contributed by atoms with Gasteiger partial charge < -0.3 is 24.1 Å². The van der Waals surface area contributed by atoms with Crippen LogP contribution in [0.15, 0.2) is 36.4 Å². The third kappa shape index (κ3) is 4.21. The van der Waals surface area contributed by atoms with Crippen LogP contribution in [0, 0.1) is 0 Å². The quantitative estimate of drug-likeness (QED) is 0.615. The third-order valence-electron chi connectivity index (χ3n) is 5.79. The lowest BCUT2D eigenvalue weighted by Crippen LogP contribution is -2.35. The van der Waals surface area contributed by atoms with Crippen molar-refractivity contribution in [2.24, 2.45) is 0 Å². The van der Waals surface area contributed by atoms with Crippen molar-refractivity contribution in [3.8, 4) is 11.5 Å². The van der Waals surface area contributed by atoms with Gasteiger partial charge in [0.05, 0.1) is 26.9 Å². The second-order valence-corrected chi connectivity index (χ2v) is 7.62. The summed E-state index contributed by atoms with van der Waals surface area (Å²) in [5.74, 6) is 1.16. The summed E-state index contributed by atoms with van der Waals surface area (Å²) in [4.78, 5) is 30.2. The molecular formula is C24H26N2O5. The van der Waals surface area contributed by atoms with Crippen LogP contribution in [-0.4, -0.2) is 49.6 Å². The maximum Gasteiger partial charge on any atom is 0.337 e. The monoisotopic (exact) mass is 422 g/mol. The highest BCUT2D eigenvalue weighted by atomic mass is 16.5. The first-order valence-corrected chi connectivity index (χ1v) is 10.2. The molecule has 0 bridgehead atoms. The van der Waals surface area contributed by atoms with Crippen LogP contribution in [0.1, 0.15) is 33.6 Å². The minimum Gasteiger partial charge on any atom is -0.497 e. The molecule has 0 fully saturated rings. The van der Waals surface area contributed by atoms with E-state index in [1.54, 1.807) is 20.3 Å². The van der Waals surface area contributed by atoms with Crippen molar-refractivity contribution >= 4 is 22.8 Å². The number of hydrogen-bond acceptors (Lipinski definition) is 5. The number of carbonyl (C=O) groups excluding carboxylic acids is 2. The summed E-state index contributed by atoms with van der Waals surface area (Å²) < 4.78 is 15.5. The molecule has 4 rings (SSSR count). The van der Waals surface area contributed by atoms with Gasteiger partial charge in [-0.05, 0) is 42.3 Å². The largest absolute Gasteiger partial charge is 0.497 e. The highest BCUT2D eigenvalue weighted by Crippen LogP contribution is 2.29. The Morgan fingerprint density at radius 2 is 1.77 bits per heavy atom. The smallest absolute Gasteiger partial charge is 0.337 e. The number of methoxy groups -OCH3 is 3. The summed E-state index contributed by atoms with van der Waals surface area (Å²) in [6.07, 6.45) is 1.77. The van der Waals surface area contributed by atoms with Crippen LogP contribution in [-0.2, 0) is 28.9 Å². The third-order valence-corrected chi connectivity index (χ3v) is 5.79. The molecule has 0 unspecified atom stereocenters. The number of fused-ring (bicyclic) bond motifs is 3. The first-order chi connectivity index (χ1) is 15.0. The summed E-state index contributed by atoms with van der Waals surface area (Å²) in [7, 11) is 4.60. The van der Waals surface area contributed by atoms with Gasteiger partial charge in [-0.15, -0.1) is 0 Å². The molecule has 7 heteroatoms. The van der Waals surface area contributed by atoms with Crippen LogP contribution in [0.25, 0.3) is 10.9 Å². The minimum absolute atomic E-state index is 0.103. The fourth-order valence-electron chi connectivity index (χ4n) is 4.09.